The van der Waals surface area contributed by atoms with E-state index >= 15 is 0 Å². The molecule has 1 heterocycles. The van der Waals surface area contributed by atoms with Gasteiger partial charge < -0.3 is 10.2 Å². The molecule has 1 aliphatic heterocycles. The standard InChI is InChI=1S/C26H35N3O4/c1-4-5-15-27-24(31)19(3)29(17-20-12-10-18(2)11-13-20)23(30)14-16-28-25(32)21-8-6-7-9-22(21)26(28)33/h6-7,10-13,19,21-22H,4-5,8-9,14-17H2,1-3H3,(H,27,31)/t19?,21-,22+. The molecule has 7 heteroatoms. The van der Waals surface area contributed by atoms with Crippen LogP contribution in [0.5, 0.6) is 0 Å². The first-order valence-corrected chi connectivity index (χ1v) is 12.0. The van der Waals surface area contributed by atoms with Crippen molar-refractivity contribution in [2.75, 3.05) is 13.1 Å². The van der Waals surface area contributed by atoms with E-state index in [2.05, 4.69) is 12.2 Å². The lowest BCUT2D eigenvalue weighted by molar-refractivity contribution is -0.143. The second-order valence-electron chi connectivity index (χ2n) is 9.06. The topological polar surface area (TPSA) is 86.8 Å². The van der Waals surface area contributed by atoms with Crippen molar-refractivity contribution in [3.05, 3.63) is 47.5 Å². The first-order valence-electron chi connectivity index (χ1n) is 12.0. The van der Waals surface area contributed by atoms with E-state index < -0.39 is 6.04 Å². The SMILES string of the molecule is CCCCNC(=O)C(C)N(Cc1ccc(C)cc1)C(=O)CCN1C(=O)[C@H]2CC=CC[C@H]2C1=O. The molecule has 4 amide bonds. The fourth-order valence-electron chi connectivity index (χ4n) is 4.45. The van der Waals surface area contributed by atoms with Gasteiger partial charge in [0.1, 0.15) is 6.04 Å². The second-order valence-corrected chi connectivity index (χ2v) is 9.06. The van der Waals surface area contributed by atoms with Crippen molar-refractivity contribution in [1.82, 2.24) is 15.1 Å². The molecule has 1 aromatic rings. The Balaban J connectivity index is 1.68. The van der Waals surface area contributed by atoms with E-state index in [0.717, 1.165) is 24.0 Å². The normalized spacial score (nSPS) is 20.5. The number of benzene rings is 1. The van der Waals surface area contributed by atoms with Gasteiger partial charge in [-0.1, -0.05) is 55.3 Å². The van der Waals surface area contributed by atoms with Crippen LogP contribution in [-0.2, 0) is 25.7 Å². The highest BCUT2D eigenvalue weighted by Gasteiger charge is 2.47. The number of nitrogens with zero attached hydrogens (tertiary/aromatic N) is 2. The number of hydrogen-bond acceptors (Lipinski definition) is 4. The fourth-order valence-corrected chi connectivity index (χ4v) is 4.45. The molecular formula is C26H35N3O4. The molecular weight excluding hydrogens is 418 g/mol. The van der Waals surface area contributed by atoms with Crippen LogP contribution in [0.15, 0.2) is 36.4 Å². The summed E-state index contributed by atoms with van der Waals surface area (Å²) in [5, 5.41) is 2.90. The van der Waals surface area contributed by atoms with Gasteiger partial charge >= 0.3 is 0 Å². The zero-order valence-electron chi connectivity index (χ0n) is 19.9. The highest BCUT2D eigenvalue weighted by atomic mass is 16.2. The number of rotatable bonds is 10. The lowest BCUT2D eigenvalue weighted by Gasteiger charge is -2.29. The largest absolute Gasteiger partial charge is 0.354 e. The predicted molar refractivity (Wildman–Crippen MR) is 126 cm³/mol. The molecule has 3 rings (SSSR count). The summed E-state index contributed by atoms with van der Waals surface area (Å²) >= 11 is 0. The van der Waals surface area contributed by atoms with E-state index in [1.165, 1.54) is 4.90 Å². The number of likely N-dealkylation sites (tertiary alicyclic amines) is 1. The Morgan fingerprint density at radius 2 is 1.70 bits per heavy atom. The van der Waals surface area contributed by atoms with Crippen LogP contribution in [0.25, 0.3) is 0 Å². The third kappa shape index (κ3) is 5.89. The molecule has 178 valence electrons. The number of carbonyl (C=O) groups excluding carboxylic acids is 4. The van der Waals surface area contributed by atoms with Crippen molar-refractivity contribution in [2.24, 2.45) is 11.8 Å². The van der Waals surface area contributed by atoms with Crippen molar-refractivity contribution in [3.63, 3.8) is 0 Å². The van der Waals surface area contributed by atoms with E-state index in [9.17, 15) is 19.2 Å². The van der Waals surface area contributed by atoms with E-state index in [1.54, 1.807) is 11.8 Å². The minimum atomic E-state index is -0.660. The molecule has 3 atom stereocenters. The average molecular weight is 454 g/mol. The van der Waals surface area contributed by atoms with Crippen LogP contribution in [-0.4, -0.2) is 52.6 Å². The minimum absolute atomic E-state index is 0.00277. The average Bonchev–Trinajstić information content (AvgIpc) is 3.06. The highest BCUT2D eigenvalue weighted by molar-refractivity contribution is 6.05. The molecule has 1 N–H and O–H groups in total. The van der Waals surface area contributed by atoms with Gasteiger partial charge in [-0.2, -0.15) is 0 Å². The zero-order valence-corrected chi connectivity index (χ0v) is 19.9. The van der Waals surface area contributed by atoms with Gasteiger partial charge in [0.2, 0.25) is 23.6 Å². The maximum absolute atomic E-state index is 13.3. The molecule has 0 radical (unpaired) electrons. The van der Waals surface area contributed by atoms with Crippen molar-refractivity contribution in [2.45, 2.75) is 65.5 Å². The summed E-state index contributed by atoms with van der Waals surface area (Å²) < 4.78 is 0. The molecule has 0 aromatic heterocycles. The quantitative estimate of drug-likeness (QED) is 0.335. The van der Waals surface area contributed by atoms with Crippen LogP contribution in [0.1, 0.15) is 57.1 Å². The molecule has 2 aliphatic rings. The lowest BCUT2D eigenvalue weighted by atomic mass is 9.85. The minimum Gasteiger partial charge on any atom is -0.354 e. The van der Waals surface area contributed by atoms with E-state index in [-0.39, 0.29) is 48.4 Å². The van der Waals surface area contributed by atoms with Gasteiger partial charge in [-0.15, -0.1) is 0 Å². The second kappa shape index (κ2) is 11.3. The molecule has 0 bridgehead atoms. The van der Waals surface area contributed by atoms with Crippen molar-refractivity contribution >= 4 is 23.6 Å². The molecule has 33 heavy (non-hydrogen) atoms. The van der Waals surface area contributed by atoms with Crippen LogP contribution in [0.3, 0.4) is 0 Å². The van der Waals surface area contributed by atoms with Gasteiger partial charge in [-0.25, -0.2) is 0 Å². The summed E-state index contributed by atoms with van der Waals surface area (Å²) in [5.41, 5.74) is 2.04. The molecule has 1 fully saturated rings. The smallest absolute Gasteiger partial charge is 0.242 e. The summed E-state index contributed by atoms with van der Waals surface area (Å²) in [5.74, 6) is -1.42. The zero-order chi connectivity index (χ0) is 24.0. The Morgan fingerprint density at radius 3 is 2.27 bits per heavy atom. The van der Waals surface area contributed by atoms with Gasteiger partial charge in [0.25, 0.3) is 0 Å². The number of fused-ring (bicyclic) bond motifs is 1. The Kier molecular flexibility index (Phi) is 8.42. The molecule has 1 unspecified atom stereocenters. The van der Waals surface area contributed by atoms with E-state index in [4.69, 9.17) is 0 Å². The van der Waals surface area contributed by atoms with Crippen LogP contribution in [0.4, 0.5) is 0 Å². The number of nitrogens with one attached hydrogen (secondary N) is 1. The Bertz CT molecular complexity index is 883. The van der Waals surface area contributed by atoms with Crippen LogP contribution in [0.2, 0.25) is 0 Å². The highest BCUT2D eigenvalue weighted by Crippen LogP contribution is 2.35. The molecule has 7 nitrogen and oxygen atoms in total. The molecule has 1 aromatic carbocycles. The van der Waals surface area contributed by atoms with Crippen LogP contribution in [0, 0.1) is 18.8 Å². The first-order chi connectivity index (χ1) is 15.8. The van der Waals surface area contributed by atoms with Crippen LogP contribution >= 0.6 is 0 Å². The van der Waals surface area contributed by atoms with Crippen LogP contribution < -0.4 is 5.32 Å². The lowest BCUT2D eigenvalue weighted by Crippen LogP contribution is -2.48. The van der Waals surface area contributed by atoms with Crippen molar-refractivity contribution in [3.8, 4) is 0 Å². The number of hydrogen-bond donors (Lipinski definition) is 1. The third-order valence-electron chi connectivity index (χ3n) is 6.62. The van der Waals surface area contributed by atoms with Gasteiger partial charge in [0.05, 0.1) is 11.8 Å². The number of allylic oxidation sites excluding steroid dienone is 2. The Labute approximate surface area is 196 Å². The van der Waals surface area contributed by atoms with Crippen molar-refractivity contribution in [1.29, 1.82) is 0 Å². The molecule has 1 aliphatic carbocycles. The number of unbranched alkanes of at least 4 members (excludes halogenated alkanes) is 1. The first kappa shape index (κ1) is 24.7. The summed E-state index contributed by atoms with van der Waals surface area (Å²) in [7, 11) is 0. The summed E-state index contributed by atoms with van der Waals surface area (Å²) in [6.07, 6.45) is 6.90. The van der Waals surface area contributed by atoms with Gasteiger partial charge in [-0.05, 0) is 38.7 Å². The predicted octanol–water partition coefficient (Wildman–Crippen LogP) is 2.97. The van der Waals surface area contributed by atoms with Crippen molar-refractivity contribution < 1.29 is 19.2 Å². The Morgan fingerprint density at radius 1 is 1.09 bits per heavy atom. The van der Waals surface area contributed by atoms with Gasteiger partial charge in [0, 0.05) is 26.1 Å². The number of carbonyl (C=O) groups is 4. The maximum atomic E-state index is 13.3. The summed E-state index contributed by atoms with van der Waals surface area (Å²) in [6, 6.07) is 7.18. The fraction of sp³-hybridized carbons (Fsp3) is 0.538. The third-order valence-corrected chi connectivity index (χ3v) is 6.62. The molecule has 1 saturated heterocycles. The number of amides is 4. The molecule has 0 spiro atoms. The molecule has 0 saturated carbocycles. The van der Waals surface area contributed by atoms with Gasteiger partial charge in [0.15, 0.2) is 0 Å². The number of aryl methyl sites for hydroxylation is 1. The summed E-state index contributed by atoms with van der Waals surface area (Å²) in [4.78, 5) is 54.2. The van der Waals surface area contributed by atoms with Gasteiger partial charge in [-0.3, -0.25) is 24.1 Å². The monoisotopic (exact) mass is 453 g/mol. The summed E-state index contributed by atoms with van der Waals surface area (Å²) in [6.45, 7) is 6.68. The number of imide groups is 1. The Hall–Kier alpha value is -2.96. The maximum Gasteiger partial charge on any atom is 0.242 e. The van der Waals surface area contributed by atoms with E-state index in [1.807, 2.05) is 43.3 Å². The van der Waals surface area contributed by atoms with E-state index in [0.29, 0.717) is 25.9 Å².